The van der Waals surface area contributed by atoms with Crippen molar-refractivity contribution in [1.82, 2.24) is 0 Å². The Kier molecular flexibility index (Phi) is 7.96. The Bertz CT molecular complexity index is 744. The fraction of sp³-hybridized carbons (Fsp3) is 0.300. The van der Waals surface area contributed by atoms with E-state index in [0.29, 0.717) is 23.8 Å². The topological polar surface area (TPSA) is 83.1 Å². The van der Waals surface area contributed by atoms with Gasteiger partial charge >= 0.3 is 5.97 Å². The zero-order valence-corrected chi connectivity index (χ0v) is 15.4. The molecule has 0 aromatic heterocycles. The van der Waals surface area contributed by atoms with Crippen LogP contribution in [0.3, 0.4) is 0 Å². The summed E-state index contributed by atoms with van der Waals surface area (Å²) in [7, 11) is 1.58. The zero-order chi connectivity index (χ0) is 19.5. The first-order valence-corrected chi connectivity index (χ1v) is 8.56. The molecule has 0 saturated heterocycles. The second-order valence-electron chi connectivity index (χ2n) is 5.41. The van der Waals surface area contributed by atoms with Crippen LogP contribution in [0.15, 0.2) is 48.5 Å². The number of carbonyl (C=O) groups excluding carboxylic acids is 2. The predicted octanol–water partition coefficient (Wildman–Crippen LogP) is 3.04. The molecule has 0 fully saturated rings. The van der Waals surface area contributed by atoms with E-state index in [1.807, 2.05) is 13.0 Å². The van der Waals surface area contributed by atoms with Gasteiger partial charge in [-0.2, -0.15) is 0 Å². The molecule has 1 amide bonds. The van der Waals surface area contributed by atoms with E-state index in [4.69, 9.17) is 18.9 Å². The largest absolute Gasteiger partial charge is 0.497 e. The number of carbonyl (C=O) groups is 2. The molecule has 27 heavy (non-hydrogen) atoms. The molecule has 0 radical (unpaired) electrons. The summed E-state index contributed by atoms with van der Waals surface area (Å²) in [4.78, 5) is 23.7. The van der Waals surface area contributed by atoms with Gasteiger partial charge in [-0.1, -0.05) is 12.1 Å². The van der Waals surface area contributed by atoms with Crippen LogP contribution < -0.4 is 19.5 Å². The number of benzene rings is 2. The van der Waals surface area contributed by atoms with Gasteiger partial charge in [0.15, 0.2) is 6.61 Å². The minimum atomic E-state index is -0.517. The van der Waals surface area contributed by atoms with Gasteiger partial charge in [0.2, 0.25) is 0 Å². The van der Waals surface area contributed by atoms with E-state index in [1.165, 1.54) is 0 Å². The van der Waals surface area contributed by atoms with Crippen molar-refractivity contribution in [2.24, 2.45) is 0 Å². The maximum atomic E-state index is 11.9. The van der Waals surface area contributed by atoms with Crippen LogP contribution in [0, 0.1) is 0 Å². The van der Waals surface area contributed by atoms with Gasteiger partial charge < -0.3 is 24.3 Å². The minimum absolute atomic E-state index is 0.0365. The number of ether oxygens (including phenoxy) is 4. The Morgan fingerprint density at radius 3 is 2.37 bits per heavy atom. The van der Waals surface area contributed by atoms with Crippen molar-refractivity contribution < 1.29 is 28.5 Å². The molecule has 1 N–H and O–H groups in total. The van der Waals surface area contributed by atoms with Crippen molar-refractivity contribution in [3.63, 3.8) is 0 Å². The monoisotopic (exact) mass is 373 g/mol. The summed E-state index contributed by atoms with van der Waals surface area (Å²) < 4.78 is 20.9. The van der Waals surface area contributed by atoms with E-state index in [0.717, 1.165) is 5.75 Å². The van der Waals surface area contributed by atoms with Crippen molar-refractivity contribution >= 4 is 17.6 Å². The van der Waals surface area contributed by atoms with Crippen LogP contribution in [-0.2, 0) is 14.3 Å². The second kappa shape index (κ2) is 10.7. The molecule has 2 aromatic carbocycles. The van der Waals surface area contributed by atoms with Gasteiger partial charge in [-0.25, -0.2) is 0 Å². The number of anilines is 1. The third-order valence-electron chi connectivity index (χ3n) is 3.46. The standard InChI is InChI=1S/C20H23NO6/c1-3-25-18-7-5-4-6-17(18)21-19(22)14-27-20(23)12-13-26-16-10-8-15(24-2)9-11-16/h4-11H,3,12-14H2,1-2H3,(H,21,22). The highest BCUT2D eigenvalue weighted by Crippen LogP contribution is 2.23. The number of methoxy groups -OCH3 is 1. The van der Waals surface area contributed by atoms with Crippen molar-refractivity contribution in [3.05, 3.63) is 48.5 Å². The van der Waals surface area contributed by atoms with Gasteiger partial charge in [0.1, 0.15) is 17.2 Å². The summed E-state index contributed by atoms with van der Waals surface area (Å²) in [6, 6.07) is 14.1. The number of amides is 1. The summed E-state index contributed by atoms with van der Waals surface area (Å²) in [6.45, 7) is 2.12. The Morgan fingerprint density at radius 1 is 0.963 bits per heavy atom. The lowest BCUT2D eigenvalue weighted by Crippen LogP contribution is -2.22. The summed E-state index contributed by atoms with van der Waals surface area (Å²) in [5.74, 6) is 0.948. The second-order valence-corrected chi connectivity index (χ2v) is 5.41. The van der Waals surface area contributed by atoms with Gasteiger partial charge in [-0.3, -0.25) is 9.59 Å². The van der Waals surface area contributed by atoms with Gasteiger partial charge in [-0.15, -0.1) is 0 Å². The molecule has 7 heteroatoms. The molecular weight excluding hydrogens is 350 g/mol. The van der Waals surface area contributed by atoms with Crippen LogP contribution in [0.5, 0.6) is 17.2 Å². The Hall–Kier alpha value is -3.22. The van der Waals surface area contributed by atoms with Crippen molar-refractivity contribution in [3.8, 4) is 17.2 Å². The molecule has 0 heterocycles. The fourth-order valence-corrected chi connectivity index (χ4v) is 2.18. The normalized spacial score (nSPS) is 10.0. The first-order valence-electron chi connectivity index (χ1n) is 8.56. The molecular formula is C20H23NO6. The first-order chi connectivity index (χ1) is 13.1. The third-order valence-corrected chi connectivity index (χ3v) is 3.46. The summed E-state index contributed by atoms with van der Waals surface area (Å²) in [6.07, 6.45) is 0.0365. The SMILES string of the molecule is CCOc1ccccc1NC(=O)COC(=O)CCOc1ccc(OC)cc1. The predicted molar refractivity (Wildman–Crippen MR) is 100 cm³/mol. The molecule has 2 rings (SSSR count). The summed E-state index contributed by atoms with van der Waals surface area (Å²) in [5.41, 5.74) is 0.531. The maximum Gasteiger partial charge on any atom is 0.309 e. The van der Waals surface area contributed by atoms with E-state index in [1.54, 1.807) is 49.6 Å². The zero-order valence-electron chi connectivity index (χ0n) is 15.4. The minimum Gasteiger partial charge on any atom is -0.497 e. The lowest BCUT2D eigenvalue weighted by atomic mass is 10.3. The highest BCUT2D eigenvalue weighted by molar-refractivity contribution is 5.94. The average Bonchev–Trinajstić information content (AvgIpc) is 2.69. The Balaban J connectivity index is 1.69. The molecule has 0 aliphatic rings. The van der Waals surface area contributed by atoms with E-state index < -0.39 is 11.9 Å². The number of hydrogen-bond donors (Lipinski definition) is 1. The highest BCUT2D eigenvalue weighted by atomic mass is 16.5. The molecule has 0 aliphatic carbocycles. The van der Waals surface area contributed by atoms with Gasteiger partial charge in [-0.05, 0) is 43.3 Å². The van der Waals surface area contributed by atoms with Crippen LogP contribution in [-0.4, -0.2) is 38.8 Å². The van der Waals surface area contributed by atoms with E-state index >= 15 is 0 Å². The van der Waals surface area contributed by atoms with Crippen LogP contribution in [0.25, 0.3) is 0 Å². The lowest BCUT2D eigenvalue weighted by molar-refractivity contribution is -0.147. The molecule has 0 saturated carbocycles. The fourth-order valence-electron chi connectivity index (χ4n) is 2.18. The van der Waals surface area contributed by atoms with Gasteiger partial charge in [0.05, 0.1) is 32.4 Å². The van der Waals surface area contributed by atoms with Crippen LogP contribution in [0.4, 0.5) is 5.69 Å². The molecule has 0 bridgehead atoms. The molecule has 7 nitrogen and oxygen atoms in total. The van der Waals surface area contributed by atoms with Crippen molar-refractivity contribution in [1.29, 1.82) is 0 Å². The summed E-state index contributed by atoms with van der Waals surface area (Å²) in [5, 5.41) is 2.66. The molecule has 0 unspecified atom stereocenters. The number of nitrogens with one attached hydrogen (secondary N) is 1. The van der Waals surface area contributed by atoms with Gasteiger partial charge in [0.25, 0.3) is 5.91 Å². The molecule has 2 aromatic rings. The molecule has 0 aliphatic heterocycles. The average molecular weight is 373 g/mol. The lowest BCUT2D eigenvalue weighted by Gasteiger charge is -2.11. The first kappa shape index (κ1) is 20.1. The van der Waals surface area contributed by atoms with Crippen molar-refractivity contribution in [2.75, 3.05) is 32.2 Å². The Labute approximate surface area is 158 Å². The van der Waals surface area contributed by atoms with E-state index in [9.17, 15) is 9.59 Å². The third kappa shape index (κ3) is 6.89. The van der Waals surface area contributed by atoms with Crippen molar-refractivity contribution in [2.45, 2.75) is 13.3 Å². The highest BCUT2D eigenvalue weighted by Gasteiger charge is 2.10. The van der Waals surface area contributed by atoms with Crippen LogP contribution in [0.1, 0.15) is 13.3 Å². The number of para-hydroxylation sites is 2. The quantitative estimate of drug-likeness (QED) is 0.645. The molecule has 0 atom stereocenters. The molecule has 0 spiro atoms. The number of rotatable bonds is 10. The van der Waals surface area contributed by atoms with Crippen LogP contribution >= 0.6 is 0 Å². The summed E-state index contributed by atoms with van der Waals surface area (Å²) >= 11 is 0. The van der Waals surface area contributed by atoms with E-state index in [-0.39, 0.29) is 19.6 Å². The maximum absolute atomic E-state index is 11.9. The molecule has 144 valence electrons. The van der Waals surface area contributed by atoms with Gasteiger partial charge in [0, 0.05) is 0 Å². The number of esters is 1. The number of hydrogen-bond acceptors (Lipinski definition) is 6. The van der Waals surface area contributed by atoms with Crippen LogP contribution in [0.2, 0.25) is 0 Å². The Morgan fingerprint density at radius 2 is 1.67 bits per heavy atom. The smallest absolute Gasteiger partial charge is 0.309 e. The van der Waals surface area contributed by atoms with E-state index in [2.05, 4.69) is 5.32 Å².